The molecular formula is C14H11NS. The number of benzene rings is 1. The molecule has 78 valence electrons. The smallest absolute Gasteiger partial charge is 0.0459 e. The standard InChI is InChI=1S/C14H11NS/c1-10-12-9-14(11-5-3-2-4-6-11)16-13(12)7-8-15-10/h2-9H,1H3. The first-order valence-corrected chi connectivity index (χ1v) is 6.07. The van der Waals surface area contributed by atoms with Gasteiger partial charge in [0, 0.05) is 26.9 Å². The van der Waals surface area contributed by atoms with Crippen LogP contribution in [0.1, 0.15) is 5.69 Å². The van der Waals surface area contributed by atoms with Crippen molar-refractivity contribution >= 4 is 21.4 Å². The summed E-state index contributed by atoms with van der Waals surface area (Å²) in [6.45, 7) is 2.06. The summed E-state index contributed by atoms with van der Waals surface area (Å²) in [5.41, 5.74) is 2.39. The van der Waals surface area contributed by atoms with E-state index in [-0.39, 0.29) is 0 Å². The summed E-state index contributed by atoms with van der Waals surface area (Å²) in [7, 11) is 0. The minimum Gasteiger partial charge on any atom is -0.261 e. The van der Waals surface area contributed by atoms with Gasteiger partial charge in [-0.15, -0.1) is 11.3 Å². The molecular weight excluding hydrogens is 214 g/mol. The summed E-state index contributed by atoms with van der Waals surface area (Å²) >= 11 is 1.82. The van der Waals surface area contributed by atoms with Crippen LogP contribution in [-0.2, 0) is 0 Å². The van der Waals surface area contributed by atoms with Gasteiger partial charge in [0.05, 0.1) is 0 Å². The number of pyridine rings is 1. The maximum atomic E-state index is 4.32. The molecule has 3 rings (SSSR count). The minimum atomic E-state index is 1.11. The van der Waals surface area contributed by atoms with Gasteiger partial charge in [-0.3, -0.25) is 4.98 Å². The van der Waals surface area contributed by atoms with Gasteiger partial charge in [-0.1, -0.05) is 30.3 Å². The monoisotopic (exact) mass is 225 g/mol. The number of thiophene rings is 1. The Labute approximate surface area is 98.4 Å². The molecule has 2 aromatic heterocycles. The van der Waals surface area contributed by atoms with Gasteiger partial charge in [0.2, 0.25) is 0 Å². The first kappa shape index (κ1) is 9.55. The highest BCUT2D eigenvalue weighted by atomic mass is 32.1. The highest BCUT2D eigenvalue weighted by Gasteiger charge is 2.05. The summed E-state index contributed by atoms with van der Waals surface area (Å²) in [6.07, 6.45) is 1.88. The Morgan fingerprint density at radius 2 is 1.88 bits per heavy atom. The van der Waals surface area contributed by atoms with Gasteiger partial charge >= 0.3 is 0 Å². The summed E-state index contributed by atoms with van der Waals surface area (Å²) < 4.78 is 1.31. The number of aromatic nitrogens is 1. The highest BCUT2D eigenvalue weighted by molar-refractivity contribution is 7.22. The van der Waals surface area contributed by atoms with Gasteiger partial charge < -0.3 is 0 Å². The molecule has 0 aliphatic heterocycles. The van der Waals surface area contributed by atoms with Crippen LogP contribution in [0.2, 0.25) is 0 Å². The van der Waals surface area contributed by atoms with Crippen molar-refractivity contribution in [2.75, 3.05) is 0 Å². The van der Waals surface area contributed by atoms with Gasteiger partial charge in [-0.05, 0) is 24.6 Å². The summed E-state index contributed by atoms with van der Waals surface area (Å²) in [5, 5.41) is 1.27. The average Bonchev–Trinajstić information content (AvgIpc) is 2.76. The predicted octanol–water partition coefficient (Wildman–Crippen LogP) is 4.27. The summed E-state index contributed by atoms with van der Waals surface area (Å²) in [4.78, 5) is 5.63. The summed E-state index contributed by atoms with van der Waals surface area (Å²) in [6, 6.07) is 14.8. The van der Waals surface area contributed by atoms with E-state index in [1.54, 1.807) is 0 Å². The molecule has 2 heteroatoms. The molecule has 0 aliphatic rings. The zero-order valence-corrected chi connectivity index (χ0v) is 9.79. The number of aryl methyl sites for hydroxylation is 1. The normalized spacial score (nSPS) is 10.8. The van der Waals surface area contributed by atoms with Crippen LogP contribution in [0.15, 0.2) is 48.7 Å². The van der Waals surface area contributed by atoms with Gasteiger partial charge in [0.15, 0.2) is 0 Å². The van der Waals surface area contributed by atoms with Crippen LogP contribution in [0.5, 0.6) is 0 Å². The van der Waals surface area contributed by atoms with E-state index >= 15 is 0 Å². The molecule has 0 atom stereocenters. The van der Waals surface area contributed by atoms with Gasteiger partial charge in [-0.2, -0.15) is 0 Å². The Morgan fingerprint density at radius 3 is 2.62 bits per heavy atom. The number of hydrogen-bond acceptors (Lipinski definition) is 2. The maximum Gasteiger partial charge on any atom is 0.0459 e. The van der Waals surface area contributed by atoms with Gasteiger partial charge in [0.25, 0.3) is 0 Å². The zero-order valence-electron chi connectivity index (χ0n) is 8.97. The number of rotatable bonds is 1. The Kier molecular flexibility index (Phi) is 2.22. The summed E-state index contributed by atoms with van der Waals surface area (Å²) in [5.74, 6) is 0. The lowest BCUT2D eigenvalue weighted by Crippen LogP contribution is -1.77. The molecule has 0 aliphatic carbocycles. The molecule has 16 heavy (non-hydrogen) atoms. The SMILES string of the molecule is Cc1nccc2sc(-c3ccccc3)cc12. The number of hydrogen-bond donors (Lipinski definition) is 0. The fraction of sp³-hybridized carbons (Fsp3) is 0.0714. The van der Waals surface area contributed by atoms with E-state index in [4.69, 9.17) is 0 Å². The highest BCUT2D eigenvalue weighted by Crippen LogP contribution is 2.33. The van der Waals surface area contributed by atoms with E-state index in [1.807, 2.05) is 23.6 Å². The van der Waals surface area contributed by atoms with E-state index < -0.39 is 0 Å². The Bertz CT molecular complexity index is 626. The first-order valence-electron chi connectivity index (χ1n) is 5.25. The van der Waals surface area contributed by atoms with Crippen LogP contribution >= 0.6 is 11.3 Å². The van der Waals surface area contributed by atoms with Crippen LogP contribution in [-0.4, -0.2) is 4.98 Å². The molecule has 2 heterocycles. The molecule has 0 unspecified atom stereocenters. The second-order valence-electron chi connectivity index (χ2n) is 3.78. The molecule has 0 spiro atoms. The van der Waals surface area contributed by atoms with E-state index in [0.717, 1.165) is 5.69 Å². The second-order valence-corrected chi connectivity index (χ2v) is 4.87. The van der Waals surface area contributed by atoms with Gasteiger partial charge in [0.1, 0.15) is 0 Å². The van der Waals surface area contributed by atoms with Crippen molar-refractivity contribution in [3.8, 4) is 10.4 Å². The molecule has 0 amide bonds. The molecule has 1 aromatic carbocycles. The van der Waals surface area contributed by atoms with Crippen molar-refractivity contribution < 1.29 is 0 Å². The largest absolute Gasteiger partial charge is 0.261 e. The Balaban J connectivity index is 2.23. The maximum absolute atomic E-state index is 4.32. The van der Waals surface area contributed by atoms with Crippen molar-refractivity contribution in [1.82, 2.24) is 4.98 Å². The lowest BCUT2D eigenvalue weighted by Gasteiger charge is -1.93. The lowest BCUT2D eigenvalue weighted by atomic mass is 10.1. The third-order valence-corrected chi connectivity index (χ3v) is 3.85. The van der Waals surface area contributed by atoms with Crippen molar-refractivity contribution in [2.24, 2.45) is 0 Å². The van der Waals surface area contributed by atoms with E-state index in [1.165, 1.54) is 20.5 Å². The third-order valence-electron chi connectivity index (χ3n) is 2.70. The lowest BCUT2D eigenvalue weighted by molar-refractivity contribution is 1.24. The van der Waals surface area contributed by atoms with Crippen molar-refractivity contribution in [1.29, 1.82) is 0 Å². The van der Waals surface area contributed by atoms with Crippen LogP contribution in [0.4, 0.5) is 0 Å². The van der Waals surface area contributed by atoms with E-state index in [2.05, 4.69) is 48.3 Å². The van der Waals surface area contributed by atoms with Crippen molar-refractivity contribution in [3.63, 3.8) is 0 Å². The first-order chi connectivity index (χ1) is 7.84. The van der Waals surface area contributed by atoms with Crippen molar-refractivity contribution in [2.45, 2.75) is 6.92 Å². The molecule has 0 bridgehead atoms. The van der Waals surface area contributed by atoms with E-state index in [0.29, 0.717) is 0 Å². The quantitative estimate of drug-likeness (QED) is 0.602. The fourth-order valence-electron chi connectivity index (χ4n) is 1.84. The molecule has 0 saturated carbocycles. The number of nitrogens with zero attached hydrogens (tertiary/aromatic N) is 1. The van der Waals surface area contributed by atoms with Crippen molar-refractivity contribution in [3.05, 3.63) is 54.4 Å². The topological polar surface area (TPSA) is 12.9 Å². The van der Waals surface area contributed by atoms with Crippen LogP contribution in [0.25, 0.3) is 20.5 Å². The van der Waals surface area contributed by atoms with Gasteiger partial charge in [-0.25, -0.2) is 0 Å². The number of fused-ring (bicyclic) bond motifs is 1. The molecule has 3 aromatic rings. The van der Waals surface area contributed by atoms with E-state index in [9.17, 15) is 0 Å². The Morgan fingerprint density at radius 1 is 1.06 bits per heavy atom. The molecule has 1 nitrogen and oxygen atoms in total. The van der Waals surface area contributed by atoms with Crippen LogP contribution in [0.3, 0.4) is 0 Å². The molecule has 0 N–H and O–H groups in total. The third kappa shape index (κ3) is 1.51. The second kappa shape index (κ2) is 3.72. The Hall–Kier alpha value is -1.67. The molecule has 0 radical (unpaired) electrons. The fourth-order valence-corrected chi connectivity index (χ4v) is 2.96. The predicted molar refractivity (Wildman–Crippen MR) is 69.8 cm³/mol. The van der Waals surface area contributed by atoms with Crippen LogP contribution < -0.4 is 0 Å². The molecule has 0 saturated heterocycles. The average molecular weight is 225 g/mol. The molecule has 0 fully saturated rings. The zero-order chi connectivity index (χ0) is 11.0. The van der Waals surface area contributed by atoms with Crippen LogP contribution in [0, 0.1) is 6.92 Å². The minimum absolute atomic E-state index is 1.11.